The second-order valence-electron chi connectivity index (χ2n) is 2.85. The lowest BCUT2D eigenvalue weighted by molar-refractivity contribution is -0.121. The van der Waals surface area contributed by atoms with Gasteiger partial charge >= 0.3 is 6.18 Å². The minimum absolute atomic E-state index is 0.307. The summed E-state index contributed by atoms with van der Waals surface area (Å²) >= 11 is 0. The fourth-order valence-electron chi connectivity index (χ4n) is 0.578. The molecule has 0 heterocycles. The van der Waals surface area contributed by atoms with Gasteiger partial charge in [-0.05, 0) is 6.42 Å². The normalized spacial score (nSPS) is 15.3. The molecule has 0 spiro atoms. The van der Waals surface area contributed by atoms with Crippen LogP contribution in [0.2, 0.25) is 0 Å². The van der Waals surface area contributed by atoms with E-state index in [1.54, 1.807) is 11.6 Å². The summed E-state index contributed by atoms with van der Waals surface area (Å²) in [5.74, 6) is 0. The Hall–Kier alpha value is -0.380. The van der Waals surface area contributed by atoms with Crippen molar-refractivity contribution < 1.29 is 26.7 Å². The largest absolute Gasteiger partial charge is 0.402 e. The van der Waals surface area contributed by atoms with Gasteiger partial charge < -0.3 is 5.11 Å². The molecule has 15 heavy (non-hydrogen) atoms. The number of rotatable bonds is 6. The first kappa shape index (κ1) is 14.6. The minimum Gasteiger partial charge on any atom is -0.392 e. The summed E-state index contributed by atoms with van der Waals surface area (Å²) in [5.41, 5.74) is 0. The first-order chi connectivity index (χ1) is 6.66. The lowest BCUT2D eigenvalue weighted by atomic mass is 10.3. The Balaban J connectivity index is 3.99. The molecule has 0 bridgehead atoms. The summed E-state index contributed by atoms with van der Waals surface area (Å²) in [6.07, 6.45) is -5.20. The molecule has 1 atom stereocenters. The molecule has 9 heteroatoms. The zero-order valence-corrected chi connectivity index (χ0v) is 8.82. The quantitative estimate of drug-likeness (QED) is 0.608. The van der Waals surface area contributed by atoms with Crippen molar-refractivity contribution in [3.8, 4) is 0 Å². The number of aliphatic hydroxyl groups excluding tert-OH is 1. The maximum Gasteiger partial charge on any atom is 0.402 e. The molecule has 0 amide bonds. The smallest absolute Gasteiger partial charge is 0.392 e. The van der Waals surface area contributed by atoms with Crippen molar-refractivity contribution in [3.63, 3.8) is 0 Å². The van der Waals surface area contributed by atoms with Crippen molar-refractivity contribution in [1.29, 1.82) is 0 Å². The summed E-state index contributed by atoms with van der Waals surface area (Å²) in [6.45, 7) is -0.337. The average molecular weight is 250 g/mol. The molecule has 0 aromatic heterocycles. The highest BCUT2D eigenvalue weighted by atomic mass is 32.2. The van der Waals surface area contributed by atoms with Crippen LogP contribution in [-0.4, -0.2) is 38.9 Å². The Morgan fingerprint density at radius 3 is 2.27 bits per heavy atom. The van der Waals surface area contributed by atoms with Gasteiger partial charge in [0.15, 0.2) is 0 Å². The third-order valence-corrected chi connectivity index (χ3v) is 2.51. The number of nitrogens with one attached hydrogen (secondary N) is 2. The Labute approximate surface area is 85.9 Å². The van der Waals surface area contributed by atoms with Crippen LogP contribution in [0, 0.1) is 0 Å². The van der Waals surface area contributed by atoms with E-state index in [9.17, 15) is 21.6 Å². The number of hydrogen-bond acceptors (Lipinski definition) is 3. The van der Waals surface area contributed by atoms with Crippen LogP contribution in [0.25, 0.3) is 0 Å². The zero-order chi connectivity index (χ0) is 12.1. The molecule has 0 aliphatic heterocycles. The highest BCUT2D eigenvalue weighted by Gasteiger charge is 2.29. The van der Waals surface area contributed by atoms with Gasteiger partial charge in [-0.3, -0.25) is 0 Å². The first-order valence-corrected chi connectivity index (χ1v) is 5.63. The SMILES string of the molecule is CCC(O)CNS(=O)(=O)NCC(F)(F)F. The summed E-state index contributed by atoms with van der Waals surface area (Å²) in [5, 5.41) is 8.97. The van der Waals surface area contributed by atoms with Crippen molar-refractivity contribution in [2.24, 2.45) is 0 Å². The van der Waals surface area contributed by atoms with Crippen molar-refractivity contribution >= 4 is 10.2 Å². The second kappa shape index (κ2) is 5.64. The van der Waals surface area contributed by atoms with Gasteiger partial charge in [-0.1, -0.05) is 6.92 Å². The molecule has 0 radical (unpaired) electrons. The Morgan fingerprint density at radius 1 is 1.33 bits per heavy atom. The van der Waals surface area contributed by atoms with Gasteiger partial charge in [0.25, 0.3) is 10.2 Å². The first-order valence-electron chi connectivity index (χ1n) is 4.15. The van der Waals surface area contributed by atoms with E-state index < -0.39 is 29.0 Å². The molecule has 0 fully saturated rings. The lowest BCUT2D eigenvalue weighted by Crippen LogP contribution is -2.43. The highest BCUT2D eigenvalue weighted by molar-refractivity contribution is 7.87. The third-order valence-electron chi connectivity index (χ3n) is 1.44. The van der Waals surface area contributed by atoms with E-state index in [2.05, 4.69) is 0 Å². The van der Waals surface area contributed by atoms with Crippen LogP contribution in [0.5, 0.6) is 0 Å². The molecule has 5 nitrogen and oxygen atoms in total. The monoisotopic (exact) mass is 250 g/mol. The van der Waals surface area contributed by atoms with Crippen LogP contribution in [0.1, 0.15) is 13.3 Å². The molecule has 0 saturated carbocycles. The van der Waals surface area contributed by atoms with Crippen molar-refractivity contribution in [1.82, 2.24) is 9.44 Å². The summed E-state index contributed by atoms with van der Waals surface area (Å²) in [6, 6.07) is 0. The average Bonchev–Trinajstić information content (AvgIpc) is 2.10. The van der Waals surface area contributed by atoms with E-state index in [-0.39, 0.29) is 6.54 Å². The van der Waals surface area contributed by atoms with E-state index in [0.717, 1.165) is 0 Å². The molecule has 0 aromatic rings. The van der Waals surface area contributed by atoms with E-state index in [0.29, 0.717) is 6.42 Å². The minimum atomic E-state index is -4.60. The van der Waals surface area contributed by atoms with Crippen LogP contribution in [0.4, 0.5) is 13.2 Å². The second-order valence-corrected chi connectivity index (χ2v) is 4.43. The van der Waals surface area contributed by atoms with Gasteiger partial charge in [0, 0.05) is 6.54 Å². The molecular formula is C6H13F3N2O3S. The standard InChI is InChI=1S/C6H13F3N2O3S/c1-2-5(12)3-10-15(13,14)11-4-6(7,8)9/h5,10-12H,2-4H2,1H3. The Bertz CT molecular complexity index is 278. The summed E-state index contributed by atoms with van der Waals surface area (Å²) < 4.78 is 59.8. The van der Waals surface area contributed by atoms with Crippen LogP contribution in [0.15, 0.2) is 0 Å². The van der Waals surface area contributed by atoms with Crippen LogP contribution < -0.4 is 9.44 Å². The maximum atomic E-state index is 11.6. The number of aliphatic hydroxyl groups is 1. The van der Waals surface area contributed by atoms with Gasteiger partial charge in [0.05, 0.1) is 6.10 Å². The van der Waals surface area contributed by atoms with Crippen LogP contribution in [-0.2, 0) is 10.2 Å². The topological polar surface area (TPSA) is 78.4 Å². The Morgan fingerprint density at radius 2 is 1.87 bits per heavy atom. The van der Waals surface area contributed by atoms with E-state index in [4.69, 9.17) is 5.11 Å². The zero-order valence-electron chi connectivity index (χ0n) is 8.00. The van der Waals surface area contributed by atoms with Crippen molar-refractivity contribution in [2.45, 2.75) is 25.6 Å². The summed E-state index contributed by atoms with van der Waals surface area (Å²) in [4.78, 5) is 0. The van der Waals surface area contributed by atoms with Crippen molar-refractivity contribution in [2.75, 3.05) is 13.1 Å². The fourth-order valence-corrected chi connectivity index (χ4v) is 1.45. The van der Waals surface area contributed by atoms with Gasteiger partial charge in [-0.25, -0.2) is 0 Å². The predicted octanol–water partition coefficient (Wildman–Crippen LogP) is -0.256. The van der Waals surface area contributed by atoms with E-state index in [1.165, 1.54) is 4.72 Å². The molecule has 0 aromatic carbocycles. The van der Waals surface area contributed by atoms with Crippen molar-refractivity contribution in [3.05, 3.63) is 0 Å². The fraction of sp³-hybridized carbons (Fsp3) is 1.00. The predicted molar refractivity (Wildman–Crippen MR) is 47.3 cm³/mol. The van der Waals surface area contributed by atoms with Crippen LogP contribution >= 0.6 is 0 Å². The molecule has 3 N–H and O–H groups in total. The molecule has 0 aliphatic rings. The number of hydrogen-bond donors (Lipinski definition) is 3. The van der Waals surface area contributed by atoms with Gasteiger partial charge in [-0.15, -0.1) is 0 Å². The summed E-state index contributed by atoms with van der Waals surface area (Å²) in [7, 11) is -4.20. The Kier molecular flexibility index (Phi) is 5.49. The number of alkyl halides is 3. The van der Waals surface area contributed by atoms with Gasteiger partial charge in [0.1, 0.15) is 6.54 Å². The molecule has 0 aliphatic carbocycles. The molecule has 0 saturated heterocycles. The van der Waals surface area contributed by atoms with Crippen LogP contribution in [0.3, 0.4) is 0 Å². The molecule has 92 valence electrons. The van der Waals surface area contributed by atoms with E-state index >= 15 is 0 Å². The van der Waals surface area contributed by atoms with Gasteiger partial charge in [-0.2, -0.15) is 31.0 Å². The molecule has 0 rings (SSSR count). The number of halogens is 3. The maximum absolute atomic E-state index is 11.6. The van der Waals surface area contributed by atoms with E-state index in [1.807, 2.05) is 0 Å². The lowest BCUT2D eigenvalue weighted by Gasteiger charge is -2.12. The van der Waals surface area contributed by atoms with Gasteiger partial charge in [0.2, 0.25) is 0 Å². The highest BCUT2D eigenvalue weighted by Crippen LogP contribution is 2.12. The molecular weight excluding hydrogens is 237 g/mol. The molecule has 1 unspecified atom stereocenters. The third kappa shape index (κ3) is 8.60.